The van der Waals surface area contributed by atoms with E-state index < -0.39 is 0 Å². The van der Waals surface area contributed by atoms with Crippen molar-refractivity contribution in [2.45, 2.75) is 25.9 Å². The van der Waals surface area contributed by atoms with Gasteiger partial charge >= 0.3 is 0 Å². The lowest BCUT2D eigenvalue weighted by atomic mass is 10.1. The van der Waals surface area contributed by atoms with E-state index in [1.165, 1.54) is 5.56 Å². The van der Waals surface area contributed by atoms with Crippen LogP contribution < -0.4 is 10.1 Å². The highest BCUT2D eigenvalue weighted by molar-refractivity contribution is 5.27. The van der Waals surface area contributed by atoms with Crippen molar-refractivity contribution >= 4 is 0 Å². The molecule has 0 spiro atoms. The van der Waals surface area contributed by atoms with Gasteiger partial charge in [0.05, 0.1) is 12.6 Å². The summed E-state index contributed by atoms with van der Waals surface area (Å²) in [5.41, 5.74) is 0.930. The maximum atomic E-state index is 5.38. The van der Waals surface area contributed by atoms with Crippen LogP contribution in [-0.2, 0) is 6.54 Å². The number of nitrogens with one attached hydrogen (secondary N) is 1. The highest BCUT2D eigenvalue weighted by Crippen LogP contribution is 2.11. The molecule has 1 aromatic rings. The Morgan fingerprint density at radius 3 is 2.40 bits per heavy atom. The molecule has 1 N–H and O–H groups in total. The van der Waals surface area contributed by atoms with Crippen LogP contribution in [0.2, 0.25) is 0 Å². The molecule has 2 nitrogen and oxygen atoms in total. The Kier molecular flexibility index (Phi) is 3.76. The number of terminal acetylenes is 1. The number of methoxy groups -OCH3 is 1. The Hall–Kier alpha value is -1.46. The SMILES string of the molecule is C#CC(C)(C)NCc1ccc(OC)cc1. The number of hydrogen-bond donors (Lipinski definition) is 1. The summed E-state index contributed by atoms with van der Waals surface area (Å²) in [6, 6.07) is 7.94. The van der Waals surface area contributed by atoms with Crippen molar-refractivity contribution in [3.63, 3.8) is 0 Å². The zero-order valence-corrected chi connectivity index (χ0v) is 9.50. The molecule has 0 saturated carbocycles. The summed E-state index contributed by atoms with van der Waals surface area (Å²) in [6.07, 6.45) is 5.38. The van der Waals surface area contributed by atoms with Gasteiger partial charge in [0.1, 0.15) is 5.75 Å². The minimum Gasteiger partial charge on any atom is -0.497 e. The number of hydrogen-bond acceptors (Lipinski definition) is 2. The van der Waals surface area contributed by atoms with Crippen LogP contribution in [0.15, 0.2) is 24.3 Å². The predicted octanol–water partition coefficient (Wildman–Crippen LogP) is 2.20. The molecule has 0 atom stereocenters. The molecular weight excluding hydrogens is 186 g/mol. The fraction of sp³-hybridized carbons (Fsp3) is 0.385. The van der Waals surface area contributed by atoms with E-state index in [1.54, 1.807) is 7.11 Å². The van der Waals surface area contributed by atoms with E-state index in [9.17, 15) is 0 Å². The van der Waals surface area contributed by atoms with E-state index in [2.05, 4.69) is 11.2 Å². The van der Waals surface area contributed by atoms with E-state index in [4.69, 9.17) is 11.2 Å². The first kappa shape index (κ1) is 11.6. The van der Waals surface area contributed by atoms with Crippen molar-refractivity contribution in [2.75, 3.05) is 7.11 Å². The van der Waals surface area contributed by atoms with Crippen molar-refractivity contribution in [2.24, 2.45) is 0 Å². The Balaban J connectivity index is 2.56. The van der Waals surface area contributed by atoms with Gasteiger partial charge in [-0.15, -0.1) is 6.42 Å². The van der Waals surface area contributed by atoms with E-state index in [-0.39, 0.29) is 5.54 Å². The Morgan fingerprint density at radius 2 is 1.93 bits per heavy atom. The van der Waals surface area contributed by atoms with Gasteiger partial charge in [-0.05, 0) is 31.5 Å². The van der Waals surface area contributed by atoms with Crippen LogP contribution in [0.5, 0.6) is 5.75 Å². The highest BCUT2D eigenvalue weighted by Gasteiger charge is 2.11. The van der Waals surface area contributed by atoms with Crippen LogP contribution in [0.25, 0.3) is 0 Å². The average molecular weight is 203 g/mol. The number of ether oxygens (including phenoxy) is 1. The maximum Gasteiger partial charge on any atom is 0.118 e. The summed E-state index contributed by atoms with van der Waals surface area (Å²) in [4.78, 5) is 0. The monoisotopic (exact) mass is 203 g/mol. The molecule has 2 heteroatoms. The molecule has 0 heterocycles. The lowest BCUT2D eigenvalue weighted by Gasteiger charge is -2.19. The lowest BCUT2D eigenvalue weighted by Crippen LogP contribution is -2.36. The zero-order chi connectivity index (χ0) is 11.3. The van der Waals surface area contributed by atoms with Gasteiger partial charge in [0, 0.05) is 6.54 Å². The first-order valence-electron chi connectivity index (χ1n) is 4.93. The predicted molar refractivity (Wildman–Crippen MR) is 62.7 cm³/mol. The summed E-state index contributed by atoms with van der Waals surface area (Å²) in [5.74, 6) is 3.57. The van der Waals surface area contributed by atoms with Gasteiger partial charge in [0.2, 0.25) is 0 Å². The molecule has 1 aromatic carbocycles. The molecule has 0 aliphatic rings. The second kappa shape index (κ2) is 4.86. The first-order chi connectivity index (χ1) is 7.07. The quantitative estimate of drug-likeness (QED) is 0.757. The van der Waals surface area contributed by atoms with Crippen molar-refractivity contribution in [1.29, 1.82) is 0 Å². The molecule has 1 rings (SSSR count). The van der Waals surface area contributed by atoms with Gasteiger partial charge < -0.3 is 4.74 Å². The molecule has 0 bridgehead atoms. The molecule has 0 radical (unpaired) electrons. The van der Waals surface area contributed by atoms with Gasteiger partial charge in [-0.25, -0.2) is 0 Å². The van der Waals surface area contributed by atoms with Crippen molar-refractivity contribution in [3.05, 3.63) is 29.8 Å². The van der Waals surface area contributed by atoms with Crippen LogP contribution in [0, 0.1) is 12.3 Å². The topological polar surface area (TPSA) is 21.3 Å². The number of rotatable bonds is 4. The third-order valence-corrected chi connectivity index (χ3v) is 2.25. The Labute approximate surface area is 91.6 Å². The fourth-order valence-corrected chi connectivity index (χ4v) is 1.12. The van der Waals surface area contributed by atoms with Gasteiger partial charge in [0.25, 0.3) is 0 Å². The van der Waals surface area contributed by atoms with Crippen molar-refractivity contribution < 1.29 is 4.74 Å². The smallest absolute Gasteiger partial charge is 0.118 e. The minimum atomic E-state index is -0.264. The lowest BCUT2D eigenvalue weighted by molar-refractivity contribution is 0.414. The normalized spacial score (nSPS) is 10.8. The largest absolute Gasteiger partial charge is 0.497 e. The van der Waals surface area contributed by atoms with Crippen LogP contribution in [-0.4, -0.2) is 12.6 Å². The third-order valence-electron chi connectivity index (χ3n) is 2.25. The van der Waals surface area contributed by atoms with Crippen LogP contribution in [0.3, 0.4) is 0 Å². The van der Waals surface area contributed by atoms with Crippen molar-refractivity contribution in [3.8, 4) is 18.1 Å². The molecule has 15 heavy (non-hydrogen) atoms. The zero-order valence-electron chi connectivity index (χ0n) is 9.50. The second-order valence-corrected chi connectivity index (χ2v) is 3.97. The van der Waals surface area contributed by atoms with Crippen molar-refractivity contribution in [1.82, 2.24) is 5.32 Å². The highest BCUT2D eigenvalue weighted by atomic mass is 16.5. The summed E-state index contributed by atoms with van der Waals surface area (Å²) in [6.45, 7) is 4.73. The maximum absolute atomic E-state index is 5.38. The van der Waals surface area contributed by atoms with E-state index in [0.717, 1.165) is 12.3 Å². The summed E-state index contributed by atoms with van der Waals surface area (Å²) < 4.78 is 5.08. The molecular formula is C13H17NO. The van der Waals surface area contributed by atoms with E-state index >= 15 is 0 Å². The summed E-state index contributed by atoms with van der Waals surface area (Å²) in [5, 5.41) is 3.29. The van der Waals surface area contributed by atoms with Crippen LogP contribution >= 0.6 is 0 Å². The second-order valence-electron chi connectivity index (χ2n) is 3.97. The standard InChI is InChI=1S/C13H17NO/c1-5-13(2,3)14-10-11-6-8-12(15-4)9-7-11/h1,6-9,14H,10H2,2-4H3. The molecule has 0 aliphatic heterocycles. The fourth-order valence-electron chi connectivity index (χ4n) is 1.12. The van der Waals surface area contributed by atoms with Crippen LogP contribution in [0.4, 0.5) is 0 Å². The van der Waals surface area contributed by atoms with E-state index in [0.29, 0.717) is 0 Å². The molecule has 0 amide bonds. The van der Waals surface area contributed by atoms with Gasteiger partial charge in [0.15, 0.2) is 0 Å². The number of benzene rings is 1. The molecule has 0 aromatic heterocycles. The first-order valence-corrected chi connectivity index (χ1v) is 4.93. The van der Waals surface area contributed by atoms with Gasteiger partial charge in [-0.3, -0.25) is 5.32 Å². The molecule has 0 aliphatic carbocycles. The molecule has 0 saturated heterocycles. The van der Waals surface area contributed by atoms with Gasteiger partial charge in [-0.1, -0.05) is 18.1 Å². The Bertz CT molecular complexity index is 346. The van der Waals surface area contributed by atoms with E-state index in [1.807, 2.05) is 38.1 Å². The molecule has 0 unspecified atom stereocenters. The summed E-state index contributed by atoms with van der Waals surface area (Å²) >= 11 is 0. The molecule has 0 fully saturated rings. The van der Waals surface area contributed by atoms with Gasteiger partial charge in [-0.2, -0.15) is 0 Å². The molecule has 80 valence electrons. The average Bonchev–Trinajstić information content (AvgIpc) is 2.27. The minimum absolute atomic E-state index is 0.264. The Morgan fingerprint density at radius 1 is 1.33 bits per heavy atom. The van der Waals surface area contributed by atoms with Crippen LogP contribution in [0.1, 0.15) is 19.4 Å². The summed E-state index contributed by atoms with van der Waals surface area (Å²) in [7, 11) is 1.66. The third kappa shape index (κ3) is 3.65.